The SMILES string of the molecule is C[C@H]1CCC[C@H]1n1c(=O)c(F)cc2cnc(NC3CCN(S(C)(=O)=O)CC3)c(C#N)c21. The number of aromatic nitrogens is 2. The van der Waals surface area contributed by atoms with Gasteiger partial charge in [0.2, 0.25) is 10.0 Å². The summed E-state index contributed by atoms with van der Waals surface area (Å²) in [4.78, 5) is 17.1. The van der Waals surface area contributed by atoms with Gasteiger partial charge in [0.1, 0.15) is 17.5 Å². The molecule has 2 atom stereocenters. The second-order valence-electron chi connectivity index (χ2n) is 8.62. The van der Waals surface area contributed by atoms with Gasteiger partial charge in [0.15, 0.2) is 5.82 Å². The van der Waals surface area contributed by atoms with Gasteiger partial charge in [-0.1, -0.05) is 13.3 Å². The van der Waals surface area contributed by atoms with Gasteiger partial charge in [-0.15, -0.1) is 0 Å². The number of halogens is 1. The van der Waals surface area contributed by atoms with E-state index in [-0.39, 0.29) is 23.6 Å². The smallest absolute Gasteiger partial charge is 0.287 e. The third-order valence-electron chi connectivity index (χ3n) is 6.55. The molecule has 31 heavy (non-hydrogen) atoms. The summed E-state index contributed by atoms with van der Waals surface area (Å²) in [7, 11) is -3.23. The summed E-state index contributed by atoms with van der Waals surface area (Å²) in [5.41, 5.74) is -0.0701. The molecule has 1 saturated heterocycles. The maximum atomic E-state index is 14.4. The maximum Gasteiger partial charge on any atom is 0.287 e. The second-order valence-corrected chi connectivity index (χ2v) is 10.6. The molecule has 0 unspecified atom stereocenters. The standard InChI is InChI=1S/C21H26FN5O3S/c1-13-4-3-5-18(13)27-19-14(10-17(22)21(27)28)12-24-20(16(19)11-23)25-15-6-8-26(9-7-15)31(2,29)30/h10,12-13,15,18H,3-9H2,1-2H3,(H,24,25)/t13-,18+/m0/s1. The van der Waals surface area contributed by atoms with Gasteiger partial charge in [-0.3, -0.25) is 4.79 Å². The van der Waals surface area contributed by atoms with Gasteiger partial charge in [0, 0.05) is 36.8 Å². The van der Waals surface area contributed by atoms with E-state index in [4.69, 9.17) is 0 Å². The summed E-state index contributed by atoms with van der Waals surface area (Å²) in [5.74, 6) is -0.288. The molecule has 0 amide bonds. The van der Waals surface area contributed by atoms with Gasteiger partial charge in [-0.05, 0) is 37.7 Å². The number of nitrogens with zero attached hydrogens (tertiary/aromatic N) is 4. The lowest BCUT2D eigenvalue weighted by Crippen LogP contribution is -2.42. The lowest BCUT2D eigenvalue weighted by atomic mass is 10.0. The molecule has 1 saturated carbocycles. The van der Waals surface area contributed by atoms with Crippen molar-refractivity contribution in [3.8, 4) is 6.07 Å². The Kier molecular flexibility index (Phi) is 5.75. The summed E-state index contributed by atoms with van der Waals surface area (Å²) < 4.78 is 40.8. The van der Waals surface area contributed by atoms with Crippen molar-refractivity contribution < 1.29 is 12.8 Å². The van der Waals surface area contributed by atoms with Crippen LogP contribution in [0, 0.1) is 23.1 Å². The molecular formula is C21H26FN5O3S. The van der Waals surface area contributed by atoms with Crippen LogP contribution in [0.25, 0.3) is 10.9 Å². The van der Waals surface area contributed by atoms with E-state index in [0.29, 0.717) is 42.7 Å². The Balaban J connectivity index is 1.74. The van der Waals surface area contributed by atoms with E-state index in [9.17, 15) is 22.9 Å². The summed E-state index contributed by atoms with van der Waals surface area (Å²) in [6, 6.07) is 3.11. The number of nitriles is 1. The lowest BCUT2D eigenvalue weighted by molar-refractivity contribution is 0.331. The molecule has 2 fully saturated rings. The zero-order valence-electron chi connectivity index (χ0n) is 17.6. The number of anilines is 1. The molecule has 1 aliphatic heterocycles. The third kappa shape index (κ3) is 4.04. The topological polar surface area (TPSA) is 108 Å². The van der Waals surface area contributed by atoms with E-state index in [0.717, 1.165) is 25.3 Å². The summed E-state index contributed by atoms with van der Waals surface area (Å²) in [6.45, 7) is 2.83. The van der Waals surface area contributed by atoms with Crippen LogP contribution in [-0.4, -0.2) is 47.7 Å². The van der Waals surface area contributed by atoms with Crippen LogP contribution in [0.15, 0.2) is 17.1 Å². The predicted octanol–water partition coefficient (Wildman–Crippen LogP) is 2.60. The summed E-state index contributed by atoms with van der Waals surface area (Å²) >= 11 is 0. The lowest BCUT2D eigenvalue weighted by Gasteiger charge is -2.31. The van der Waals surface area contributed by atoms with Crippen molar-refractivity contribution in [2.75, 3.05) is 24.7 Å². The highest BCUT2D eigenvalue weighted by Gasteiger charge is 2.30. The van der Waals surface area contributed by atoms with Crippen molar-refractivity contribution in [1.82, 2.24) is 13.9 Å². The van der Waals surface area contributed by atoms with E-state index in [1.165, 1.54) is 21.3 Å². The molecule has 3 heterocycles. The first kappa shape index (κ1) is 21.7. The molecule has 8 nitrogen and oxygen atoms in total. The number of piperidine rings is 1. The molecule has 4 rings (SSSR count). The molecule has 166 valence electrons. The average Bonchev–Trinajstić information content (AvgIpc) is 3.14. The third-order valence-corrected chi connectivity index (χ3v) is 7.85. The first-order chi connectivity index (χ1) is 14.7. The van der Waals surface area contributed by atoms with Crippen molar-refractivity contribution in [3.05, 3.63) is 34.0 Å². The Morgan fingerprint density at radius 1 is 1.26 bits per heavy atom. The number of fused-ring (bicyclic) bond motifs is 1. The van der Waals surface area contributed by atoms with E-state index in [2.05, 4.69) is 16.4 Å². The highest BCUT2D eigenvalue weighted by Crippen LogP contribution is 2.37. The molecular weight excluding hydrogens is 421 g/mol. The fourth-order valence-corrected chi connectivity index (χ4v) is 5.74. The number of hydrogen-bond donors (Lipinski definition) is 1. The summed E-state index contributed by atoms with van der Waals surface area (Å²) in [6.07, 6.45) is 6.50. The zero-order chi connectivity index (χ0) is 22.3. The summed E-state index contributed by atoms with van der Waals surface area (Å²) in [5, 5.41) is 13.6. The molecule has 1 aliphatic carbocycles. The van der Waals surface area contributed by atoms with Gasteiger partial charge in [-0.2, -0.15) is 5.26 Å². The number of hydrogen-bond acceptors (Lipinski definition) is 6. The zero-order valence-corrected chi connectivity index (χ0v) is 18.5. The Hall–Kier alpha value is -2.51. The van der Waals surface area contributed by atoms with Crippen LogP contribution < -0.4 is 10.9 Å². The van der Waals surface area contributed by atoms with Crippen LogP contribution in [0.2, 0.25) is 0 Å². The molecule has 0 bridgehead atoms. The molecule has 0 spiro atoms. The van der Waals surface area contributed by atoms with Gasteiger partial charge in [-0.25, -0.2) is 22.1 Å². The Labute approximate surface area is 180 Å². The number of rotatable bonds is 4. The van der Waals surface area contributed by atoms with Crippen molar-refractivity contribution in [1.29, 1.82) is 5.26 Å². The van der Waals surface area contributed by atoms with Crippen LogP contribution in [0.4, 0.5) is 10.2 Å². The molecule has 2 aromatic heterocycles. The van der Waals surface area contributed by atoms with Gasteiger partial charge >= 0.3 is 0 Å². The molecule has 2 aromatic rings. The minimum absolute atomic E-state index is 0.0546. The molecule has 0 aromatic carbocycles. The molecule has 10 heteroatoms. The minimum atomic E-state index is -3.23. The van der Waals surface area contributed by atoms with Gasteiger partial charge in [0.25, 0.3) is 5.56 Å². The minimum Gasteiger partial charge on any atom is -0.366 e. The number of sulfonamides is 1. The van der Waals surface area contributed by atoms with Crippen LogP contribution in [-0.2, 0) is 10.0 Å². The van der Waals surface area contributed by atoms with E-state index in [1.54, 1.807) is 0 Å². The van der Waals surface area contributed by atoms with Crippen LogP contribution in [0.5, 0.6) is 0 Å². The van der Waals surface area contributed by atoms with Crippen molar-refractivity contribution >= 4 is 26.7 Å². The van der Waals surface area contributed by atoms with Crippen LogP contribution >= 0.6 is 0 Å². The van der Waals surface area contributed by atoms with Crippen molar-refractivity contribution in [3.63, 3.8) is 0 Å². The van der Waals surface area contributed by atoms with Crippen LogP contribution in [0.1, 0.15) is 50.6 Å². The first-order valence-electron chi connectivity index (χ1n) is 10.6. The van der Waals surface area contributed by atoms with E-state index >= 15 is 0 Å². The number of nitrogens with one attached hydrogen (secondary N) is 1. The Bertz CT molecular complexity index is 1210. The van der Waals surface area contributed by atoms with E-state index < -0.39 is 21.4 Å². The molecule has 1 N–H and O–H groups in total. The molecule has 2 aliphatic rings. The predicted molar refractivity (Wildman–Crippen MR) is 116 cm³/mol. The highest BCUT2D eigenvalue weighted by atomic mass is 32.2. The van der Waals surface area contributed by atoms with Crippen molar-refractivity contribution in [2.24, 2.45) is 5.92 Å². The molecule has 0 radical (unpaired) electrons. The quantitative estimate of drug-likeness (QED) is 0.772. The number of pyridine rings is 2. The monoisotopic (exact) mass is 447 g/mol. The average molecular weight is 448 g/mol. The van der Waals surface area contributed by atoms with Gasteiger partial charge < -0.3 is 9.88 Å². The van der Waals surface area contributed by atoms with Crippen LogP contribution in [0.3, 0.4) is 0 Å². The fraction of sp³-hybridized carbons (Fsp3) is 0.571. The Morgan fingerprint density at radius 3 is 2.55 bits per heavy atom. The van der Waals surface area contributed by atoms with Gasteiger partial charge in [0.05, 0.1) is 11.8 Å². The largest absolute Gasteiger partial charge is 0.366 e. The second kappa shape index (κ2) is 8.20. The maximum absolute atomic E-state index is 14.4. The van der Waals surface area contributed by atoms with E-state index in [1.807, 2.05) is 6.92 Å². The Morgan fingerprint density at radius 2 is 1.97 bits per heavy atom. The fourth-order valence-electron chi connectivity index (χ4n) is 4.86. The highest BCUT2D eigenvalue weighted by molar-refractivity contribution is 7.88. The van der Waals surface area contributed by atoms with Crippen molar-refractivity contribution in [2.45, 2.75) is 51.1 Å². The normalized spacial score (nSPS) is 23.2. The first-order valence-corrected chi connectivity index (χ1v) is 12.4.